The Balaban J connectivity index is 1.25. The highest BCUT2D eigenvalue weighted by Crippen LogP contribution is 2.42. The summed E-state index contributed by atoms with van der Waals surface area (Å²) in [5.41, 5.74) is 7.86. The molecule has 46 heavy (non-hydrogen) atoms. The number of oxime groups is 1. The van der Waals surface area contributed by atoms with E-state index >= 15 is 0 Å². The number of nitrogens with two attached hydrogens (primary N) is 1. The number of carboxylic acid groups (broad SMARTS) is 1. The van der Waals surface area contributed by atoms with Gasteiger partial charge in [0.15, 0.2) is 23.2 Å². The molecule has 0 aromatic carbocycles. The van der Waals surface area contributed by atoms with Crippen molar-refractivity contribution in [3.63, 3.8) is 0 Å². The maximum atomic E-state index is 13.3. The number of aromatic hydroxyl groups is 1. The van der Waals surface area contributed by atoms with Crippen molar-refractivity contribution in [2.24, 2.45) is 5.16 Å². The summed E-state index contributed by atoms with van der Waals surface area (Å²) in [4.78, 5) is 72.8. The van der Waals surface area contributed by atoms with E-state index < -0.39 is 53.0 Å². The molecule has 18 nitrogen and oxygen atoms in total. The van der Waals surface area contributed by atoms with E-state index in [9.17, 15) is 39.4 Å². The maximum absolute atomic E-state index is 13.3. The SMILES string of the molecule is CCOC(=O)C1=CSN(SCC2=C(C(=O)O)N3C(=O)[C@@H](NC(=O)/C(=N/OCc4cc(=O)c(O)cn4O)c4csc(N)n4)[C@H]3SC2)N1. The monoisotopic (exact) mass is 712 g/mol. The highest BCUT2D eigenvalue weighted by molar-refractivity contribution is 8.13. The van der Waals surface area contributed by atoms with Crippen molar-refractivity contribution >= 4 is 81.6 Å². The number of ether oxygens (including phenoxy) is 1. The Bertz CT molecular complexity index is 1740. The molecule has 0 radical (unpaired) electrons. The van der Waals surface area contributed by atoms with Crippen LogP contribution in [0, 0.1) is 0 Å². The molecule has 0 saturated carbocycles. The van der Waals surface area contributed by atoms with Gasteiger partial charge in [0.1, 0.15) is 34.2 Å². The molecule has 22 heteroatoms. The van der Waals surface area contributed by atoms with Crippen LogP contribution in [0.1, 0.15) is 18.3 Å². The van der Waals surface area contributed by atoms with Crippen molar-refractivity contribution < 1.29 is 44.2 Å². The summed E-state index contributed by atoms with van der Waals surface area (Å²) >= 11 is 4.65. The van der Waals surface area contributed by atoms with Gasteiger partial charge in [-0.25, -0.2) is 14.6 Å². The van der Waals surface area contributed by atoms with E-state index in [4.69, 9.17) is 15.3 Å². The molecule has 0 bridgehead atoms. The second kappa shape index (κ2) is 13.9. The minimum atomic E-state index is -1.31. The van der Waals surface area contributed by atoms with Crippen molar-refractivity contribution in [1.29, 1.82) is 0 Å². The van der Waals surface area contributed by atoms with Crippen molar-refractivity contribution in [3.8, 4) is 5.75 Å². The summed E-state index contributed by atoms with van der Waals surface area (Å²) in [5, 5.41) is 38.1. The van der Waals surface area contributed by atoms with Crippen LogP contribution in [0.25, 0.3) is 0 Å². The third kappa shape index (κ3) is 6.89. The Morgan fingerprint density at radius 1 is 1.33 bits per heavy atom. The Kier molecular flexibility index (Phi) is 10.0. The molecule has 0 spiro atoms. The fourth-order valence-electron chi connectivity index (χ4n) is 4.18. The fourth-order valence-corrected chi connectivity index (χ4v) is 7.91. The zero-order chi connectivity index (χ0) is 33.1. The Hall–Kier alpha value is -4.38. The summed E-state index contributed by atoms with van der Waals surface area (Å²) < 4.78 is 6.97. The lowest BCUT2D eigenvalue weighted by Gasteiger charge is -2.49. The molecule has 0 unspecified atom stereocenters. The number of thiazole rings is 1. The highest BCUT2D eigenvalue weighted by Gasteiger charge is 2.54. The minimum Gasteiger partial charge on any atom is -0.503 e. The molecule has 1 saturated heterocycles. The zero-order valence-electron chi connectivity index (χ0n) is 23.4. The lowest BCUT2D eigenvalue weighted by molar-refractivity contribution is -0.150. The number of aliphatic carboxylic acids is 1. The largest absolute Gasteiger partial charge is 0.503 e. The molecular weight excluding hydrogens is 689 g/mol. The maximum Gasteiger partial charge on any atom is 0.356 e. The van der Waals surface area contributed by atoms with Crippen LogP contribution in [0.2, 0.25) is 0 Å². The molecule has 2 aromatic rings. The smallest absolute Gasteiger partial charge is 0.356 e. The molecule has 1 fully saturated rings. The van der Waals surface area contributed by atoms with Crippen LogP contribution in [0.15, 0.2) is 50.0 Å². The molecule has 2 amide bonds. The molecule has 2 aromatic heterocycles. The predicted molar refractivity (Wildman–Crippen MR) is 167 cm³/mol. The Morgan fingerprint density at radius 3 is 2.80 bits per heavy atom. The quantitative estimate of drug-likeness (QED) is 0.0423. The molecule has 5 heterocycles. The third-order valence-electron chi connectivity index (χ3n) is 6.30. The van der Waals surface area contributed by atoms with E-state index in [1.165, 1.54) is 41.0 Å². The topological polar surface area (TPSA) is 251 Å². The Morgan fingerprint density at radius 2 is 2.11 bits per heavy atom. The first-order chi connectivity index (χ1) is 22.0. The number of hydrogen-bond donors (Lipinski definition) is 6. The van der Waals surface area contributed by atoms with Crippen LogP contribution in [-0.4, -0.2) is 92.8 Å². The van der Waals surface area contributed by atoms with Gasteiger partial charge in [0.25, 0.3) is 11.8 Å². The fraction of sp³-hybridized carbons (Fsp3) is 0.292. The van der Waals surface area contributed by atoms with Gasteiger partial charge in [-0.1, -0.05) is 5.16 Å². The van der Waals surface area contributed by atoms with Crippen LogP contribution in [-0.2, 0) is 35.4 Å². The van der Waals surface area contributed by atoms with Gasteiger partial charge in [0.05, 0.1) is 12.8 Å². The van der Waals surface area contributed by atoms with Gasteiger partial charge >= 0.3 is 11.9 Å². The number of amides is 2. The van der Waals surface area contributed by atoms with E-state index in [1.54, 1.807) is 16.2 Å². The number of anilines is 1. The normalized spacial score (nSPS) is 19.6. The van der Waals surface area contributed by atoms with Crippen LogP contribution in [0.3, 0.4) is 0 Å². The average molecular weight is 713 g/mol. The van der Waals surface area contributed by atoms with Gasteiger partial charge < -0.3 is 36.0 Å². The molecule has 3 aliphatic heterocycles. The van der Waals surface area contributed by atoms with Gasteiger partial charge in [-0.3, -0.25) is 24.7 Å². The molecule has 2 atom stereocenters. The first-order valence-corrected chi connectivity index (χ1v) is 16.7. The van der Waals surface area contributed by atoms with Gasteiger partial charge in [-0.2, -0.15) is 4.73 Å². The number of nitrogen functional groups attached to an aromatic ring is 1. The molecule has 7 N–H and O–H groups in total. The number of pyridine rings is 1. The summed E-state index contributed by atoms with van der Waals surface area (Å²) in [6.45, 7) is 1.41. The summed E-state index contributed by atoms with van der Waals surface area (Å²) in [7, 11) is 0. The number of carbonyl (C=O) groups excluding carboxylic acids is 3. The first-order valence-electron chi connectivity index (χ1n) is 13.0. The number of fused-ring (bicyclic) bond motifs is 1. The number of aromatic nitrogens is 2. The van der Waals surface area contributed by atoms with Gasteiger partial charge in [0.2, 0.25) is 5.43 Å². The highest BCUT2D eigenvalue weighted by atomic mass is 32.2. The number of carbonyl (C=O) groups is 4. The van der Waals surface area contributed by atoms with E-state index in [0.717, 1.165) is 28.5 Å². The summed E-state index contributed by atoms with van der Waals surface area (Å²) in [5.74, 6) is -3.62. The van der Waals surface area contributed by atoms with Gasteiger partial charge in [-0.05, 0) is 36.4 Å². The van der Waals surface area contributed by atoms with Crippen molar-refractivity contribution in [2.45, 2.75) is 24.9 Å². The van der Waals surface area contributed by atoms with E-state index in [2.05, 4.69) is 20.9 Å². The van der Waals surface area contributed by atoms with Crippen LogP contribution < -0.4 is 21.9 Å². The lowest BCUT2D eigenvalue weighted by atomic mass is 10.0. The number of carboxylic acids is 1. The molecular formula is C24H24N8O10S4. The van der Waals surface area contributed by atoms with Crippen molar-refractivity contribution in [1.82, 2.24) is 29.2 Å². The predicted octanol–water partition coefficient (Wildman–Crippen LogP) is 0.0105. The number of nitrogens with zero attached hydrogens (tertiary/aromatic N) is 5. The number of rotatable bonds is 12. The van der Waals surface area contributed by atoms with Crippen LogP contribution in [0.5, 0.6) is 5.75 Å². The van der Waals surface area contributed by atoms with Crippen LogP contribution in [0.4, 0.5) is 5.13 Å². The number of β-lactam (4-membered cyclic amide) rings is 1. The third-order valence-corrected chi connectivity index (χ3v) is 10.3. The average Bonchev–Trinajstić information content (AvgIpc) is 3.68. The first kappa shape index (κ1) is 33.0. The van der Waals surface area contributed by atoms with Crippen LogP contribution >= 0.6 is 47.0 Å². The summed E-state index contributed by atoms with van der Waals surface area (Å²) in [6.07, 6.45) is 0.765. The molecule has 244 valence electrons. The number of thioether (sulfide) groups is 1. The second-order valence-corrected chi connectivity index (χ2v) is 13.2. The number of nitrogens with one attached hydrogen (secondary N) is 2. The van der Waals surface area contributed by atoms with E-state index in [0.29, 0.717) is 10.3 Å². The standard InChI is InChI=1S/C24H24N8O10S4/c1-2-41-23(39)13-9-46-32(28-13)45-7-10-6-43-21-17(20(36)31(21)18(10)22(37)38)27-19(35)16(12-8-44-24(25)26-12)29-42-5-11-3-14(33)15(34)4-30(11)40/h3-4,8-9,17,21,28,34,40H,2,5-7H2,1H3,(H2,25,26)(H,27,35)(H,37,38)/b29-16+/t17-,21-/m1/s1. The second-order valence-electron chi connectivity index (χ2n) is 9.26. The molecule has 0 aliphatic carbocycles. The molecule has 3 aliphatic rings. The van der Waals surface area contributed by atoms with Crippen molar-refractivity contribution in [3.05, 3.63) is 61.6 Å². The molecule has 5 rings (SSSR count). The minimum absolute atomic E-state index is 0.0199. The number of esters is 1. The number of hydrazine groups is 1. The van der Waals surface area contributed by atoms with Gasteiger partial charge in [0, 0.05) is 28.4 Å². The van der Waals surface area contributed by atoms with E-state index in [-0.39, 0.29) is 51.7 Å². The van der Waals surface area contributed by atoms with E-state index in [1.807, 2.05) is 0 Å². The van der Waals surface area contributed by atoms with Crippen molar-refractivity contribution in [2.75, 3.05) is 23.8 Å². The number of hydrogen-bond acceptors (Lipinski definition) is 18. The van der Waals surface area contributed by atoms with Gasteiger partial charge in [-0.15, -0.1) is 26.9 Å². The summed E-state index contributed by atoms with van der Waals surface area (Å²) in [6, 6.07) is -0.194. The zero-order valence-corrected chi connectivity index (χ0v) is 26.7. The Labute approximate surface area is 275 Å². The lowest BCUT2D eigenvalue weighted by Crippen LogP contribution is -2.71.